The predicted molar refractivity (Wildman–Crippen MR) is 117 cm³/mol. The fourth-order valence-electron chi connectivity index (χ4n) is 3.47. The monoisotopic (exact) mass is 421 g/mol. The maximum atomic E-state index is 12.3. The topological polar surface area (TPSA) is 83.7 Å². The molecule has 1 fully saturated rings. The fourth-order valence-corrected chi connectivity index (χ4v) is 3.47. The highest BCUT2D eigenvalue weighted by molar-refractivity contribution is 5.91. The lowest BCUT2D eigenvalue weighted by molar-refractivity contribution is 0.0919. The van der Waals surface area contributed by atoms with Crippen molar-refractivity contribution < 1.29 is 13.9 Å². The summed E-state index contributed by atoms with van der Waals surface area (Å²) in [5.41, 5.74) is 0. The lowest BCUT2D eigenvalue weighted by atomic mass is 10.3. The third-order valence-electron chi connectivity index (χ3n) is 5.15. The van der Waals surface area contributed by atoms with E-state index in [-0.39, 0.29) is 12.5 Å². The molecule has 8 heteroatoms. The first-order chi connectivity index (χ1) is 15.3. The molecular formula is C23H27N5O3. The summed E-state index contributed by atoms with van der Waals surface area (Å²) in [5, 5.41) is 2.93. The molecule has 1 amide bonds. The van der Waals surface area contributed by atoms with Crippen LogP contribution in [-0.4, -0.2) is 60.0 Å². The van der Waals surface area contributed by atoms with E-state index in [4.69, 9.17) is 9.15 Å². The first kappa shape index (κ1) is 20.9. The number of amides is 1. The minimum Gasteiger partial charge on any atom is -0.486 e. The normalized spacial score (nSPS) is 14.4. The molecule has 4 rings (SSSR count). The molecule has 0 saturated carbocycles. The van der Waals surface area contributed by atoms with Crippen LogP contribution in [0.5, 0.6) is 5.75 Å². The van der Waals surface area contributed by atoms with Crippen molar-refractivity contribution in [3.63, 3.8) is 0 Å². The quantitative estimate of drug-likeness (QED) is 0.532. The number of carbonyl (C=O) groups excluding carboxylic acids is 1. The molecule has 1 aliphatic heterocycles. The second kappa shape index (κ2) is 10.6. The van der Waals surface area contributed by atoms with Crippen LogP contribution in [0.1, 0.15) is 22.7 Å². The SMILES string of the molecule is O=C(NCCCN1CCN(c2ncccn2)CC1)c1ccc(COc2ccccc2)o1. The number of para-hydroxylation sites is 1. The molecule has 3 aromatic rings. The van der Waals surface area contributed by atoms with Gasteiger partial charge in [-0.3, -0.25) is 9.69 Å². The Bertz CT molecular complexity index is 940. The summed E-state index contributed by atoms with van der Waals surface area (Å²) < 4.78 is 11.2. The van der Waals surface area contributed by atoms with Gasteiger partial charge in [0.1, 0.15) is 18.1 Å². The molecule has 2 aromatic heterocycles. The Morgan fingerprint density at radius 1 is 1.00 bits per heavy atom. The van der Waals surface area contributed by atoms with Crippen LogP contribution < -0.4 is 15.0 Å². The fraction of sp³-hybridized carbons (Fsp3) is 0.348. The third kappa shape index (κ3) is 6.05. The number of carbonyl (C=O) groups is 1. The summed E-state index contributed by atoms with van der Waals surface area (Å²) in [6.07, 6.45) is 4.43. The minimum absolute atomic E-state index is 0.197. The molecule has 0 bridgehead atoms. The van der Waals surface area contributed by atoms with Crippen molar-refractivity contribution in [1.82, 2.24) is 20.2 Å². The van der Waals surface area contributed by atoms with Gasteiger partial charge in [-0.25, -0.2) is 9.97 Å². The molecule has 3 heterocycles. The standard InChI is InChI=1S/C23H27N5O3/c29-22(21-9-8-20(31-21)18-30-19-6-2-1-3-7-19)24-12-5-13-27-14-16-28(17-15-27)23-25-10-4-11-26-23/h1-4,6-11H,5,12-18H2,(H,24,29). The van der Waals surface area contributed by atoms with Gasteiger partial charge in [-0.1, -0.05) is 18.2 Å². The molecule has 0 atom stereocenters. The largest absolute Gasteiger partial charge is 0.486 e. The van der Waals surface area contributed by atoms with Crippen molar-refractivity contribution in [2.24, 2.45) is 0 Å². The average molecular weight is 422 g/mol. The van der Waals surface area contributed by atoms with E-state index in [1.165, 1.54) is 0 Å². The Labute approximate surface area is 181 Å². The summed E-state index contributed by atoms with van der Waals surface area (Å²) in [5.74, 6) is 2.29. The molecule has 1 aromatic carbocycles. The third-order valence-corrected chi connectivity index (χ3v) is 5.15. The van der Waals surface area contributed by atoms with Crippen molar-refractivity contribution in [3.05, 3.63) is 72.4 Å². The molecule has 8 nitrogen and oxygen atoms in total. The smallest absolute Gasteiger partial charge is 0.286 e. The van der Waals surface area contributed by atoms with Gasteiger partial charge < -0.3 is 19.4 Å². The summed E-state index contributed by atoms with van der Waals surface area (Å²) in [6, 6.07) is 14.8. The highest BCUT2D eigenvalue weighted by atomic mass is 16.5. The number of aromatic nitrogens is 2. The number of rotatable bonds is 9. The summed E-state index contributed by atoms with van der Waals surface area (Å²) >= 11 is 0. The van der Waals surface area contributed by atoms with Gasteiger partial charge in [0.05, 0.1) is 0 Å². The highest BCUT2D eigenvalue weighted by Gasteiger charge is 2.18. The molecule has 0 unspecified atom stereocenters. The zero-order chi connectivity index (χ0) is 21.3. The van der Waals surface area contributed by atoms with Gasteiger partial charge in [0.25, 0.3) is 5.91 Å². The van der Waals surface area contributed by atoms with E-state index in [0.717, 1.165) is 50.8 Å². The van der Waals surface area contributed by atoms with Crippen LogP contribution in [0, 0.1) is 0 Å². The van der Waals surface area contributed by atoms with Crippen LogP contribution in [0.4, 0.5) is 5.95 Å². The van der Waals surface area contributed by atoms with E-state index in [1.807, 2.05) is 36.4 Å². The van der Waals surface area contributed by atoms with Crippen LogP contribution in [0.3, 0.4) is 0 Å². The molecule has 0 radical (unpaired) electrons. The number of piperazine rings is 1. The van der Waals surface area contributed by atoms with E-state index in [1.54, 1.807) is 24.5 Å². The number of nitrogens with zero attached hydrogens (tertiary/aromatic N) is 4. The van der Waals surface area contributed by atoms with Gasteiger partial charge in [-0.05, 0) is 43.3 Å². The molecule has 162 valence electrons. The van der Waals surface area contributed by atoms with E-state index in [2.05, 4.69) is 25.1 Å². The minimum atomic E-state index is -0.197. The van der Waals surface area contributed by atoms with E-state index < -0.39 is 0 Å². The summed E-state index contributed by atoms with van der Waals surface area (Å²) in [6.45, 7) is 5.60. The predicted octanol–water partition coefficient (Wildman–Crippen LogP) is 2.59. The molecule has 0 aliphatic carbocycles. The van der Waals surface area contributed by atoms with Gasteiger partial charge in [0.15, 0.2) is 5.76 Å². The summed E-state index contributed by atoms with van der Waals surface area (Å²) in [4.78, 5) is 25.5. The van der Waals surface area contributed by atoms with Gasteiger partial charge in [0, 0.05) is 45.1 Å². The number of anilines is 1. The zero-order valence-corrected chi connectivity index (χ0v) is 17.4. The number of benzene rings is 1. The van der Waals surface area contributed by atoms with Gasteiger partial charge in [-0.15, -0.1) is 0 Å². The maximum Gasteiger partial charge on any atom is 0.286 e. The lowest BCUT2D eigenvalue weighted by Crippen LogP contribution is -2.47. The van der Waals surface area contributed by atoms with Gasteiger partial charge in [0.2, 0.25) is 5.95 Å². The molecule has 31 heavy (non-hydrogen) atoms. The summed E-state index contributed by atoms with van der Waals surface area (Å²) in [7, 11) is 0. The van der Waals surface area contributed by atoms with Crippen molar-refractivity contribution in [2.75, 3.05) is 44.2 Å². The Morgan fingerprint density at radius 2 is 1.77 bits per heavy atom. The number of furan rings is 1. The lowest BCUT2D eigenvalue weighted by Gasteiger charge is -2.34. The first-order valence-corrected chi connectivity index (χ1v) is 10.6. The van der Waals surface area contributed by atoms with Crippen LogP contribution >= 0.6 is 0 Å². The second-order valence-corrected chi connectivity index (χ2v) is 7.35. The molecule has 0 spiro atoms. The van der Waals surface area contributed by atoms with Crippen molar-refractivity contribution >= 4 is 11.9 Å². The highest BCUT2D eigenvalue weighted by Crippen LogP contribution is 2.14. The number of hydrogen-bond acceptors (Lipinski definition) is 7. The molecule has 1 aliphatic rings. The number of hydrogen-bond donors (Lipinski definition) is 1. The first-order valence-electron chi connectivity index (χ1n) is 10.6. The Hall–Kier alpha value is -3.39. The van der Waals surface area contributed by atoms with Gasteiger partial charge >= 0.3 is 0 Å². The van der Waals surface area contributed by atoms with Crippen molar-refractivity contribution in [1.29, 1.82) is 0 Å². The Balaban J connectivity index is 1.12. The zero-order valence-electron chi connectivity index (χ0n) is 17.4. The van der Waals surface area contributed by atoms with Crippen LogP contribution in [0.25, 0.3) is 0 Å². The van der Waals surface area contributed by atoms with Crippen LogP contribution in [0.2, 0.25) is 0 Å². The molecule has 1 saturated heterocycles. The Kier molecular flexibility index (Phi) is 7.12. The number of ether oxygens (including phenoxy) is 1. The molecular weight excluding hydrogens is 394 g/mol. The average Bonchev–Trinajstić information content (AvgIpc) is 3.31. The van der Waals surface area contributed by atoms with E-state index >= 15 is 0 Å². The van der Waals surface area contributed by atoms with Crippen molar-refractivity contribution in [2.45, 2.75) is 13.0 Å². The van der Waals surface area contributed by atoms with E-state index in [0.29, 0.717) is 18.1 Å². The van der Waals surface area contributed by atoms with Crippen LogP contribution in [-0.2, 0) is 6.61 Å². The molecule has 1 N–H and O–H groups in total. The Morgan fingerprint density at radius 3 is 2.55 bits per heavy atom. The van der Waals surface area contributed by atoms with Crippen LogP contribution in [0.15, 0.2) is 65.3 Å². The second-order valence-electron chi connectivity index (χ2n) is 7.35. The number of nitrogens with one attached hydrogen (secondary N) is 1. The van der Waals surface area contributed by atoms with E-state index in [9.17, 15) is 4.79 Å². The van der Waals surface area contributed by atoms with Crippen molar-refractivity contribution in [3.8, 4) is 5.75 Å². The maximum absolute atomic E-state index is 12.3. The van der Waals surface area contributed by atoms with Gasteiger partial charge in [-0.2, -0.15) is 0 Å².